The van der Waals surface area contributed by atoms with Crippen molar-refractivity contribution in [3.8, 4) is 0 Å². The molecule has 0 aromatic heterocycles. The van der Waals surface area contributed by atoms with Crippen LogP contribution in [0.5, 0.6) is 0 Å². The van der Waals surface area contributed by atoms with Gasteiger partial charge in [-0.05, 0) is 19.3 Å². The Morgan fingerprint density at radius 1 is 0.455 bits per heavy atom. The molecule has 198 valence electrons. The van der Waals surface area contributed by atoms with Gasteiger partial charge in [-0.1, -0.05) is 130 Å². The summed E-state index contributed by atoms with van der Waals surface area (Å²) >= 11 is 0. The van der Waals surface area contributed by atoms with Crippen molar-refractivity contribution in [1.29, 1.82) is 0 Å². The Balaban J connectivity index is 0. The highest BCUT2D eigenvalue weighted by Gasteiger charge is 2.09. The first-order valence-electron chi connectivity index (χ1n) is 14.1. The molecule has 0 radical (unpaired) electrons. The summed E-state index contributed by atoms with van der Waals surface area (Å²) in [6.45, 7) is 6.86. The minimum Gasteiger partial charge on any atom is -0.396 e. The number of hydrogen-bond acceptors (Lipinski definition) is 5. The molecule has 5 heteroatoms. The molecule has 0 saturated carbocycles. The summed E-state index contributed by atoms with van der Waals surface area (Å²) in [5.41, 5.74) is 0. The Bertz CT molecular complexity index is 362. The summed E-state index contributed by atoms with van der Waals surface area (Å²) in [4.78, 5) is 32.4. The zero-order valence-electron chi connectivity index (χ0n) is 22.3. The van der Waals surface area contributed by atoms with Gasteiger partial charge in [0.1, 0.15) is 0 Å². The van der Waals surface area contributed by atoms with Crippen LogP contribution in [-0.2, 0) is 19.4 Å². The van der Waals surface area contributed by atoms with Gasteiger partial charge in [0, 0.05) is 6.61 Å². The Morgan fingerprint density at radius 2 is 0.727 bits per heavy atom. The van der Waals surface area contributed by atoms with Gasteiger partial charge in [-0.3, -0.25) is 0 Å². The molecule has 0 aliphatic heterocycles. The topological polar surface area (TPSA) is 72.8 Å². The maximum atomic E-state index is 11.6. The number of carbonyl (C=O) groups excluding carboxylic acids is 2. The van der Waals surface area contributed by atoms with Gasteiger partial charge in [0.15, 0.2) is 0 Å². The maximum Gasteiger partial charge on any atom is 0.355 e. The van der Waals surface area contributed by atoms with Gasteiger partial charge >= 0.3 is 11.9 Å². The summed E-state index contributed by atoms with van der Waals surface area (Å²) in [6.07, 6.45) is 24.4. The van der Waals surface area contributed by atoms with Crippen molar-refractivity contribution in [2.75, 3.05) is 6.61 Å². The van der Waals surface area contributed by atoms with Crippen LogP contribution in [0.15, 0.2) is 0 Å². The van der Waals surface area contributed by atoms with Gasteiger partial charge in [-0.2, -0.15) is 0 Å². The molecule has 0 fully saturated rings. The molecule has 0 heterocycles. The minimum absolute atomic E-state index is 0.334. The van der Waals surface area contributed by atoms with Crippen LogP contribution in [0.1, 0.15) is 162 Å². The van der Waals surface area contributed by atoms with Crippen LogP contribution >= 0.6 is 0 Å². The lowest BCUT2D eigenvalue weighted by molar-refractivity contribution is -0.259. The molecule has 0 aromatic carbocycles. The highest BCUT2D eigenvalue weighted by molar-refractivity contribution is 5.72. The molecule has 0 unspecified atom stereocenters. The molecular weight excluding hydrogens is 416 g/mol. The predicted molar refractivity (Wildman–Crippen MR) is 138 cm³/mol. The highest BCUT2D eigenvalue weighted by Crippen LogP contribution is 2.12. The maximum absolute atomic E-state index is 11.6. The lowest BCUT2D eigenvalue weighted by Crippen LogP contribution is -2.11. The van der Waals surface area contributed by atoms with E-state index >= 15 is 0 Å². The van der Waals surface area contributed by atoms with Gasteiger partial charge in [0.05, 0.1) is 12.8 Å². The monoisotopic (exact) mass is 472 g/mol. The number of carbonyl (C=O) groups is 2. The van der Waals surface area contributed by atoms with E-state index in [4.69, 9.17) is 5.11 Å². The molecule has 33 heavy (non-hydrogen) atoms. The predicted octanol–water partition coefficient (Wildman–Crippen LogP) is 8.61. The zero-order valence-corrected chi connectivity index (χ0v) is 22.3. The van der Waals surface area contributed by atoms with E-state index in [-0.39, 0.29) is 0 Å². The van der Waals surface area contributed by atoms with E-state index in [9.17, 15) is 9.59 Å². The molecule has 1 N–H and O–H groups in total. The van der Waals surface area contributed by atoms with Gasteiger partial charge in [0.25, 0.3) is 0 Å². The van der Waals surface area contributed by atoms with Crippen LogP contribution in [0.4, 0.5) is 0 Å². The normalized spacial score (nSPS) is 10.4. The second kappa shape index (κ2) is 30.9. The Morgan fingerprint density at radius 3 is 0.970 bits per heavy atom. The standard InChI is InChI=1S/C24H46O4.C4H10O/c1-3-5-7-9-11-13-15-17-19-21-23(25)27-28-24(26)22-20-18-16-14-12-10-8-6-4-2;1-2-3-4-5/h3-22H2,1-2H3;5H,2-4H2,1H3. The first-order chi connectivity index (χ1) is 16.1. The summed E-state index contributed by atoms with van der Waals surface area (Å²) in [6, 6.07) is 0. The van der Waals surface area contributed by atoms with E-state index in [1.807, 2.05) is 0 Å². The Labute approximate surface area is 205 Å². The lowest BCUT2D eigenvalue weighted by Gasteiger charge is -2.04. The highest BCUT2D eigenvalue weighted by atomic mass is 17.2. The van der Waals surface area contributed by atoms with Crippen LogP contribution in [0.2, 0.25) is 0 Å². The molecule has 0 bridgehead atoms. The first kappa shape index (κ1) is 34.1. The fraction of sp³-hybridized carbons (Fsp3) is 0.929. The largest absolute Gasteiger partial charge is 0.396 e. The molecule has 0 amide bonds. The molecular formula is C28H56O5. The number of unbranched alkanes of at least 4 members (excludes halogenated alkanes) is 17. The quantitative estimate of drug-likeness (QED) is 0.0969. The minimum atomic E-state index is -0.427. The number of rotatable bonds is 22. The van der Waals surface area contributed by atoms with E-state index in [2.05, 4.69) is 30.5 Å². The summed E-state index contributed by atoms with van der Waals surface area (Å²) < 4.78 is 0. The fourth-order valence-corrected chi connectivity index (χ4v) is 3.49. The number of hydrogen-bond donors (Lipinski definition) is 1. The van der Waals surface area contributed by atoms with Crippen molar-refractivity contribution in [3.05, 3.63) is 0 Å². The van der Waals surface area contributed by atoms with Gasteiger partial charge in [-0.15, -0.1) is 0 Å². The second-order valence-electron chi connectivity index (χ2n) is 9.14. The molecule has 0 spiro atoms. The van der Waals surface area contributed by atoms with Crippen molar-refractivity contribution < 1.29 is 24.5 Å². The van der Waals surface area contributed by atoms with Crippen molar-refractivity contribution in [3.63, 3.8) is 0 Å². The molecule has 0 aliphatic rings. The van der Waals surface area contributed by atoms with Gasteiger partial charge in [-0.25, -0.2) is 19.4 Å². The first-order valence-corrected chi connectivity index (χ1v) is 14.1. The molecule has 5 nitrogen and oxygen atoms in total. The van der Waals surface area contributed by atoms with Crippen molar-refractivity contribution in [1.82, 2.24) is 0 Å². The average molecular weight is 473 g/mol. The lowest BCUT2D eigenvalue weighted by atomic mass is 10.1. The van der Waals surface area contributed by atoms with E-state index in [1.165, 1.54) is 77.0 Å². The third-order valence-corrected chi connectivity index (χ3v) is 5.71. The third kappa shape index (κ3) is 33.2. The smallest absolute Gasteiger partial charge is 0.355 e. The molecule has 0 atom stereocenters. The van der Waals surface area contributed by atoms with Crippen LogP contribution in [0, 0.1) is 0 Å². The summed E-state index contributed by atoms with van der Waals surface area (Å²) in [7, 11) is 0. The molecule has 0 saturated heterocycles. The van der Waals surface area contributed by atoms with Crippen LogP contribution in [0.3, 0.4) is 0 Å². The zero-order chi connectivity index (χ0) is 24.8. The van der Waals surface area contributed by atoms with Crippen molar-refractivity contribution in [2.24, 2.45) is 0 Å². The summed E-state index contributed by atoms with van der Waals surface area (Å²) in [5, 5.41) is 8.07. The van der Waals surface area contributed by atoms with Crippen LogP contribution in [-0.4, -0.2) is 23.7 Å². The Kier molecular flexibility index (Phi) is 31.9. The second-order valence-corrected chi connectivity index (χ2v) is 9.14. The van der Waals surface area contributed by atoms with Gasteiger partial charge in [0.2, 0.25) is 0 Å². The number of aliphatic hydroxyl groups excluding tert-OH is 1. The van der Waals surface area contributed by atoms with Crippen molar-refractivity contribution >= 4 is 11.9 Å². The van der Waals surface area contributed by atoms with Crippen LogP contribution < -0.4 is 0 Å². The Hall–Kier alpha value is -1.10. The number of aliphatic hydroxyl groups is 1. The van der Waals surface area contributed by atoms with E-state index in [0.717, 1.165) is 51.4 Å². The van der Waals surface area contributed by atoms with Crippen LogP contribution in [0.25, 0.3) is 0 Å². The SMILES string of the molecule is CCCCCCCCCCCC(=O)OOC(=O)CCCCCCCCCCC.CCCCO. The summed E-state index contributed by atoms with van der Waals surface area (Å²) in [5.74, 6) is -0.855. The average Bonchev–Trinajstić information content (AvgIpc) is 2.81. The van der Waals surface area contributed by atoms with E-state index < -0.39 is 11.9 Å². The molecule has 0 aliphatic carbocycles. The van der Waals surface area contributed by atoms with E-state index in [0.29, 0.717) is 19.4 Å². The third-order valence-electron chi connectivity index (χ3n) is 5.71. The molecule has 0 aromatic rings. The van der Waals surface area contributed by atoms with E-state index in [1.54, 1.807) is 0 Å². The fourth-order valence-electron chi connectivity index (χ4n) is 3.49. The van der Waals surface area contributed by atoms with Gasteiger partial charge < -0.3 is 5.11 Å². The van der Waals surface area contributed by atoms with Crippen molar-refractivity contribution in [2.45, 2.75) is 162 Å². The molecule has 0 rings (SSSR count).